The fourth-order valence-electron chi connectivity index (χ4n) is 3.06. The lowest BCUT2D eigenvalue weighted by Gasteiger charge is -2.34. The molecule has 0 amide bonds. The van der Waals surface area contributed by atoms with Crippen LogP contribution in [0, 0.1) is 12.8 Å². The van der Waals surface area contributed by atoms with E-state index in [9.17, 15) is 0 Å². The topological polar surface area (TPSA) is 19.4 Å². The molecule has 0 unspecified atom stereocenters. The van der Waals surface area contributed by atoms with Crippen LogP contribution in [0.1, 0.15) is 34.3 Å². The van der Waals surface area contributed by atoms with Crippen molar-refractivity contribution >= 4 is 22.7 Å². The molecule has 23 heavy (non-hydrogen) atoms. The fraction of sp³-hybridized carbons (Fsp3) is 0.611. The molecule has 3 rings (SSSR count). The maximum absolute atomic E-state index is 4.58. The zero-order chi connectivity index (χ0) is 16.2. The molecule has 1 aliphatic heterocycles. The first-order valence-electron chi connectivity index (χ1n) is 8.52. The quantitative estimate of drug-likeness (QED) is 0.785. The van der Waals surface area contributed by atoms with Crippen LogP contribution in [0.25, 0.3) is 0 Å². The predicted octanol–water partition coefficient (Wildman–Crippen LogP) is 4.03. The van der Waals surface area contributed by atoms with E-state index in [0.717, 1.165) is 32.1 Å². The van der Waals surface area contributed by atoms with Gasteiger partial charge in [0.2, 0.25) is 0 Å². The Balaban J connectivity index is 1.44. The maximum Gasteiger partial charge on any atom is 0.0897 e. The van der Waals surface area contributed by atoms with E-state index in [1.54, 1.807) is 11.3 Å². The fourth-order valence-corrected chi connectivity index (χ4v) is 4.93. The van der Waals surface area contributed by atoms with Crippen LogP contribution in [0.5, 0.6) is 0 Å². The molecule has 1 saturated heterocycles. The summed E-state index contributed by atoms with van der Waals surface area (Å²) in [7, 11) is 0. The zero-order valence-corrected chi connectivity index (χ0v) is 16.1. The smallest absolute Gasteiger partial charge is 0.0897 e. The first-order valence-corrected chi connectivity index (χ1v) is 10.2. The molecule has 1 aliphatic rings. The Bertz CT molecular complexity index is 609. The van der Waals surface area contributed by atoms with Gasteiger partial charge in [-0.05, 0) is 31.4 Å². The normalized spacial score (nSPS) is 17.2. The van der Waals surface area contributed by atoms with Gasteiger partial charge >= 0.3 is 0 Å². The largest absolute Gasteiger partial charge is 0.296 e. The van der Waals surface area contributed by atoms with Crippen LogP contribution in [0.15, 0.2) is 17.5 Å². The Hall–Kier alpha value is -0.750. The summed E-state index contributed by atoms with van der Waals surface area (Å²) in [6, 6.07) is 4.65. The van der Waals surface area contributed by atoms with Gasteiger partial charge in [0.05, 0.1) is 10.7 Å². The summed E-state index contributed by atoms with van der Waals surface area (Å²) in [6.07, 6.45) is 1.21. The van der Waals surface area contributed by atoms with E-state index in [4.69, 9.17) is 0 Å². The second kappa shape index (κ2) is 7.88. The van der Waals surface area contributed by atoms with Gasteiger partial charge in [0.1, 0.15) is 0 Å². The molecule has 126 valence electrons. The van der Waals surface area contributed by atoms with Gasteiger partial charge in [-0.25, -0.2) is 4.98 Å². The number of rotatable bonds is 6. The highest BCUT2D eigenvalue weighted by Gasteiger charge is 2.18. The van der Waals surface area contributed by atoms with Crippen LogP contribution in [0.2, 0.25) is 0 Å². The van der Waals surface area contributed by atoms with E-state index >= 15 is 0 Å². The van der Waals surface area contributed by atoms with Crippen LogP contribution in [-0.4, -0.2) is 41.0 Å². The van der Waals surface area contributed by atoms with Crippen LogP contribution in [0.3, 0.4) is 0 Å². The third-order valence-corrected chi connectivity index (χ3v) is 6.14. The van der Waals surface area contributed by atoms with Gasteiger partial charge in [0.25, 0.3) is 0 Å². The summed E-state index contributed by atoms with van der Waals surface area (Å²) in [6.45, 7) is 13.4. The minimum atomic E-state index is 0.749. The second-order valence-corrected chi connectivity index (χ2v) is 9.19. The number of aryl methyl sites for hydroxylation is 1. The first-order chi connectivity index (χ1) is 11.1. The Morgan fingerprint density at radius 2 is 1.70 bits per heavy atom. The lowest BCUT2D eigenvalue weighted by molar-refractivity contribution is 0.122. The molecule has 0 aromatic carbocycles. The highest BCUT2D eigenvalue weighted by atomic mass is 32.1. The van der Waals surface area contributed by atoms with Crippen molar-refractivity contribution in [3.8, 4) is 0 Å². The van der Waals surface area contributed by atoms with E-state index in [1.165, 1.54) is 40.0 Å². The summed E-state index contributed by atoms with van der Waals surface area (Å²) in [5.41, 5.74) is 1.23. The number of nitrogens with zero attached hydrogens (tertiary/aromatic N) is 3. The van der Waals surface area contributed by atoms with E-state index in [1.807, 2.05) is 11.3 Å². The molecule has 2 aromatic rings. The number of hydrogen-bond donors (Lipinski definition) is 0. The molecule has 0 spiro atoms. The van der Waals surface area contributed by atoms with Gasteiger partial charge in [-0.1, -0.05) is 13.8 Å². The van der Waals surface area contributed by atoms with Crippen LogP contribution in [0.4, 0.5) is 0 Å². The van der Waals surface area contributed by atoms with Crippen molar-refractivity contribution in [1.29, 1.82) is 0 Å². The average molecular weight is 350 g/mol. The van der Waals surface area contributed by atoms with E-state index in [2.05, 4.69) is 53.1 Å². The molecule has 1 fully saturated rings. The number of hydrogen-bond acceptors (Lipinski definition) is 5. The number of piperazine rings is 1. The molecule has 0 bridgehead atoms. The van der Waals surface area contributed by atoms with Gasteiger partial charge in [-0.15, -0.1) is 22.7 Å². The SMILES string of the molecule is Cc1nc(CN2CCN(Cc3ccc(CC(C)C)s3)CC2)cs1. The van der Waals surface area contributed by atoms with Crippen molar-refractivity contribution in [3.05, 3.63) is 38.0 Å². The zero-order valence-electron chi connectivity index (χ0n) is 14.4. The molecular weight excluding hydrogens is 322 g/mol. The summed E-state index contributed by atoms with van der Waals surface area (Å²) >= 11 is 3.75. The second-order valence-electron chi connectivity index (χ2n) is 6.88. The van der Waals surface area contributed by atoms with E-state index in [-0.39, 0.29) is 0 Å². The van der Waals surface area contributed by atoms with Gasteiger partial charge in [0, 0.05) is 54.4 Å². The summed E-state index contributed by atoms with van der Waals surface area (Å²) in [4.78, 5) is 12.8. The molecular formula is C18H27N3S2. The van der Waals surface area contributed by atoms with Gasteiger partial charge in [-0.3, -0.25) is 9.80 Å². The molecule has 0 N–H and O–H groups in total. The van der Waals surface area contributed by atoms with Gasteiger partial charge in [0.15, 0.2) is 0 Å². The van der Waals surface area contributed by atoms with E-state index in [0.29, 0.717) is 0 Å². The lowest BCUT2D eigenvalue weighted by atomic mass is 10.1. The van der Waals surface area contributed by atoms with Crippen molar-refractivity contribution in [2.24, 2.45) is 5.92 Å². The highest BCUT2D eigenvalue weighted by Crippen LogP contribution is 2.22. The standard InChI is InChI=1S/C18H27N3S2/c1-14(2)10-17-4-5-18(23-17)12-21-8-6-20(7-9-21)11-16-13-22-15(3)19-16/h4-5,13-14H,6-12H2,1-3H3. The number of thiazole rings is 1. The minimum absolute atomic E-state index is 0.749. The lowest BCUT2D eigenvalue weighted by Crippen LogP contribution is -2.45. The Morgan fingerprint density at radius 1 is 1.04 bits per heavy atom. The minimum Gasteiger partial charge on any atom is -0.296 e. The first kappa shape index (κ1) is 17.1. The van der Waals surface area contributed by atoms with Crippen LogP contribution >= 0.6 is 22.7 Å². The monoisotopic (exact) mass is 349 g/mol. The molecule has 2 aromatic heterocycles. The summed E-state index contributed by atoms with van der Waals surface area (Å²) in [5.74, 6) is 0.749. The Labute approximate surface area is 148 Å². The van der Waals surface area contributed by atoms with Gasteiger partial charge in [-0.2, -0.15) is 0 Å². The van der Waals surface area contributed by atoms with Crippen molar-refractivity contribution in [2.75, 3.05) is 26.2 Å². The summed E-state index contributed by atoms with van der Waals surface area (Å²) < 4.78 is 0. The van der Waals surface area contributed by atoms with Crippen LogP contribution in [-0.2, 0) is 19.5 Å². The van der Waals surface area contributed by atoms with Crippen molar-refractivity contribution < 1.29 is 0 Å². The highest BCUT2D eigenvalue weighted by molar-refractivity contribution is 7.12. The summed E-state index contributed by atoms with van der Waals surface area (Å²) in [5, 5.41) is 3.37. The van der Waals surface area contributed by atoms with Crippen molar-refractivity contribution in [3.63, 3.8) is 0 Å². The predicted molar refractivity (Wildman–Crippen MR) is 100 cm³/mol. The van der Waals surface area contributed by atoms with Crippen molar-refractivity contribution in [1.82, 2.24) is 14.8 Å². The number of aromatic nitrogens is 1. The molecule has 0 aliphatic carbocycles. The molecule has 0 radical (unpaired) electrons. The van der Waals surface area contributed by atoms with Crippen molar-refractivity contribution in [2.45, 2.75) is 40.3 Å². The molecule has 3 nitrogen and oxygen atoms in total. The Kier molecular flexibility index (Phi) is 5.85. The third-order valence-electron chi connectivity index (χ3n) is 4.22. The average Bonchev–Trinajstić information content (AvgIpc) is 3.10. The van der Waals surface area contributed by atoms with Crippen LogP contribution < -0.4 is 0 Å². The van der Waals surface area contributed by atoms with E-state index < -0.39 is 0 Å². The van der Waals surface area contributed by atoms with Gasteiger partial charge < -0.3 is 0 Å². The molecule has 3 heterocycles. The third kappa shape index (κ3) is 5.11. The molecule has 5 heteroatoms. The number of thiophene rings is 1. The molecule has 0 saturated carbocycles. The molecule has 0 atom stereocenters. The maximum atomic E-state index is 4.58. The Morgan fingerprint density at radius 3 is 2.30 bits per heavy atom.